The number of nitrogens with one attached hydrogen (secondary N) is 1. The van der Waals surface area contributed by atoms with E-state index in [2.05, 4.69) is 10.3 Å². The summed E-state index contributed by atoms with van der Waals surface area (Å²) in [7, 11) is 3.10. The molecular formula is C19H30N4O5. The molecule has 1 aromatic carbocycles. The van der Waals surface area contributed by atoms with Gasteiger partial charge in [-0.3, -0.25) is 4.99 Å². The normalized spacial score (nSPS) is 16.4. The van der Waals surface area contributed by atoms with Crippen LogP contribution in [0.5, 0.6) is 11.5 Å². The third kappa shape index (κ3) is 5.91. The lowest BCUT2D eigenvalue weighted by molar-refractivity contribution is 0.0963. The third-order valence-corrected chi connectivity index (χ3v) is 4.60. The molecule has 0 bridgehead atoms. The number of nitrogens with two attached hydrogens (primary N) is 1. The second-order valence-corrected chi connectivity index (χ2v) is 6.45. The number of guanidine groups is 1. The standard InChI is InChI=1S/C19H30N4O5/c1-4-28-19(25)23-9-7-13(8-10-23)22-18(20)21-12-16(24)15-11-14(26-2)5-6-17(15)27-3/h5-6,11,13,16,24H,4,7-10,12H2,1-3H3,(H3,20,21,22). The molecule has 28 heavy (non-hydrogen) atoms. The Morgan fingerprint density at radius 2 is 2.07 bits per heavy atom. The largest absolute Gasteiger partial charge is 0.497 e. The lowest BCUT2D eigenvalue weighted by atomic mass is 10.1. The maximum Gasteiger partial charge on any atom is 0.409 e. The van der Waals surface area contributed by atoms with Crippen LogP contribution >= 0.6 is 0 Å². The Morgan fingerprint density at radius 1 is 1.36 bits per heavy atom. The zero-order chi connectivity index (χ0) is 20.5. The minimum absolute atomic E-state index is 0.0873. The number of piperidine rings is 1. The van der Waals surface area contributed by atoms with Gasteiger partial charge in [0.1, 0.15) is 17.6 Å². The van der Waals surface area contributed by atoms with E-state index in [0.717, 1.165) is 12.8 Å². The number of rotatable bonds is 7. The number of likely N-dealkylation sites (tertiary alicyclic amines) is 1. The van der Waals surface area contributed by atoms with Gasteiger partial charge in [0.05, 0.1) is 27.4 Å². The van der Waals surface area contributed by atoms with Crippen molar-refractivity contribution in [1.82, 2.24) is 10.2 Å². The Morgan fingerprint density at radius 3 is 2.68 bits per heavy atom. The fourth-order valence-electron chi connectivity index (χ4n) is 3.06. The summed E-state index contributed by atoms with van der Waals surface area (Å²) in [6.07, 6.45) is 0.344. The average molecular weight is 394 g/mol. The van der Waals surface area contributed by atoms with Crippen molar-refractivity contribution >= 4 is 12.1 Å². The van der Waals surface area contributed by atoms with Gasteiger partial charge in [-0.1, -0.05) is 0 Å². The summed E-state index contributed by atoms with van der Waals surface area (Å²) in [5.74, 6) is 1.44. The van der Waals surface area contributed by atoms with E-state index in [1.165, 1.54) is 0 Å². The van der Waals surface area contributed by atoms with Gasteiger partial charge in [-0.05, 0) is 38.0 Å². The van der Waals surface area contributed by atoms with Crippen molar-refractivity contribution in [2.45, 2.75) is 31.9 Å². The first-order valence-corrected chi connectivity index (χ1v) is 9.36. The lowest BCUT2D eigenvalue weighted by Gasteiger charge is -2.31. The van der Waals surface area contributed by atoms with Crippen LogP contribution in [0, 0.1) is 0 Å². The molecule has 0 aromatic heterocycles. The van der Waals surface area contributed by atoms with Gasteiger partial charge in [0.15, 0.2) is 5.96 Å². The first-order chi connectivity index (χ1) is 13.5. The summed E-state index contributed by atoms with van der Waals surface area (Å²) in [6.45, 7) is 3.46. The Balaban J connectivity index is 1.87. The molecule has 1 aliphatic rings. The fraction of sp³-hybridized carbons (Fsp3) is 0.579. The highest BCUT2D eigenvalue weighted by atomic mass is 16.6. The number of methoxy groups -OCH3 is 2. The molecule has 1 heterocycles. The molecule has 0 spiro atoms. The van der Waals surface area contributed by atoms with Gasteiger partial charge >= 0.3 is 6.09 Å². The summed E-state index contributed by atoms with van der Waals surface area (Å²) in [6, 6.07) is 5.34. The van der Waals surface area contributed by atoms with Crippen LogP contribution < -0.4 is 20.5 Å². The van der Waals surface area contributed by atoms with Crippen LogP contribution in [-0.2, 0) is 4.74 Å². The third-order valence-electron chi connectivity index (χ3n) is 4.60. The smallest absolute Gasteiger partial charge is 0.409 e. The minimum Gasteiger partial charge on any atom is -0.497 e. The maximum absolute atomic E-state index is 11.7. The van der Waals surface area contributed by atoms with Crippen LogP contribution in [0.3, 0.4) is 0 Å². The number of benzene rings is 1. The van der Waals surface area contributed by atoms with E-state index in [9.17, 15) is 9.90 Å². The van der Waals surface area contributed by atoms with Gasteiger partial charge < -0.3 is 35.3 Å². The van der Waals surface area contributed by atoms with Gasteiger partial charge in [-0.2, -0.15) is 0 Å². The number of carbonyl (C=O) groups excluding carboxylic acids is 1. The van der Waals surface area contributed by atoms with Crippen LogP contribution in [0.4, 0.5) is 4.79 Å². The Kier molecular flexibility index (Phi) is 8.19. The quantitative estimate of drug-likeness (QED) is 0.471. The van der Waals surface area contributed by atoms with Crippen molar-refractivity contribution in [2.75, 3.05) is 40.5 Å². The number of aliphatic hydroxyl groups is 1. The molecule has 1 amide bonds. The van der Waals surface area contributed by atoms with Gasteiger partial charge in [0.25, 0.3) is 0 Å². The van der Waals surface area contributed by atoms with Crippen molar-refractivity contribution in [3.05, 3.63) is 23.8 Å². The van der Waals surface area contributed by atoms with Crippen molar-refractivity contribution < 1.29 is 24.1 Å². The van der Waals surface area contributed by atoms with E-state index < -0.39 is 6.10 Å². The van der Waals surface area contributed by atoms with Crippen molar-refractivity contribution in [3.8, 4) is 11.5 Å². The first kappa shape index (κ1) is 21.6. The molecule has 2 rings (SSSR count). The monoisotopic (exact) mass is 394 g/mol. The SMILES string of the molecule is CCOC(=O)N1CCC(NC(N)=NCC(O)c2cc(OC)ccc2OC)CC1. The number of amides is 1. The molecule has 0 aliphatic carbocycles. The Hall–Kier alpha value is -2.68. The van der Waals surface area contributed by atoms with Crippen LogP contribution in [0.25, 0.3) is 0 Å². The summed E-state index contributed by atoms with van der Waals surface area (Å²) >= 11 is 0. The molecule has 1 fully saturated rings. The van der Waals surface area contributed by atoms with E-state index >= 15 is 0 Å². The summed E-state index contributed by atoms with van der Waals surface area (Å²) in [5.41, 5.74) is 6.55. The van der Waals surface area contributed by atoms with E-state index in [1.54, 1.807) is 44.2 Å². The van der Waals surface area contributed by atoms with E-state index in [1.807, 2.05) is 0 Å². The molecular weight excluding hydrogens is 364 g/mol. The van der Waals surface area contributed by atoms with Crippen LogP contribution in [0.2, 0.25) is 0 Å². The van der Waals surface area contributed by atoms with Crippen molar-refractivity contribution in [2.24, 2.45) is 10.7 Å². The molecule has 1 aromatic rings. The second kappa shape index (κ2) is 10.6. The van der Waals surface area contributed by atoms with E-state index in [-0.39, 0.29) is 24.6 Å². The summed E-state index contributed by atoms with van der Waals surface area (Å²) < 4.78 is 15.5. The number of nitrogens with zero attached hydrogens (tertiary/aromatic N) is 2. The molecule has 9 nitrogen and oxygen atoms in total. The first-order valence-electron chi connectivity index (χ1n) is 9.36. The minimum atomic E-state index is -0.879. The number of hydrogen-bond donors (Lipinski definition) is 3. The predicted octanol–water partition coefficient (Wildman–Crippen LogP) is 1.26. The molecule has 4 N–H and O–H groups in total. The van der Waals surface area contributed by atoms with E-state index in [4.69, 9.17) is 19.9 Å². The van der Waals surface area contributed by atoms with Gasteiger partial charge in [-0.25, -0.2) is 4.79 Å². The highest BCUT2D eigenvalue weighted by Gasteiger charge is 2.23. The molecule has 0 radical (unpaired) electrons. The zero-order valence-corrected chi connectivity index (χ0v) is 16.7. The molecule has 9 heteroatoms. The van der Waals surface area contributed by atoms with Crippen LogP contribution in [0.15, 0.2) is 23.2 Å². The highest BCUT2D eigenvalue weighted by molar-refractivity contribution is 5.78. The van der Waals surface area contributed by atoms with Crippen LogP contribution in [-0.4, -0.2) is 68.6 Å². The van der Waals surface area contributed by atoms with Gasteiger partial charge in [0, 0.05) is 24.7 Å². The number of carbonyl (C=O) groups is 1. The molecule has 1 atom stereocenters. The van der Waals surface area contributed by atoms with Gasteiger partial charge in [-0.15, -0.1) is 0 Å². The zero-order valence-electron chi connectivity index (χ0n) is 16.7. The Bertz CT molecular complexity index is 674. The lowest BCUT2D eigenvalue weighted by Crippen LogP contribution is -2.48. The predicted molar refractivity (Wildman–Crippen MR) is 106 cm³/mol. The molecule has 0 saturated carbocycles. The number of hydrogen-bond acceptors (Lipinski definition) is 6. The number of aliphatic hydroxyl groups excluding tert-OH is 1. The second-order valence-electron chi connectivity index (χ2n) is 6.45. The molecule has 1 unspecified atom stereocenters. The van der Waals surface area contributed by atoms with Gasteiger partial charge in [0.2, 0.25) is 0 Å². The summed E-state index contributed by atoms with van der Waals surface area (Å²) in [4.78, 5) is 17.7. The summed E-state index contributed by atoms with van der Waals surface area (Å²) in [5, 5.41) is 13.6. The highest BCUT2D eigenvalue weighted by Crippen LogP contribution is 2.29. The molecule has 156 valence electrons. The average Bonchev–Trinajstić information content (AvgIpc) is 2.72. The van der Waals surface area contributed by atoms with E-state index in [0.29, 0.717) is 36.8 Å². The Labute approximate surface area is 165 Å². The van der Waals surface area contributed by atoms with Crippen LogP contribution in [0.1, 0.15) is 31.4 Å². The van der Waals surface area contributed by atoms with Crippen molar-refractivity contribution in [1.29, 1.82) is 0 Å². The maximum atomic E-state index is 11.7. The fourth-order valence-corrected chi connectivity index (χ4v) is 3.06. The van der Waals surface area contributed by atoms with Crippen molar-refractivity contribution in [3.63, 3.8) is 0 Å². The number of ether oxygens (including phenoxy) is 3. The molecule has 1 saturated heterocycles. The number of aliphatic imine (C=N–C) groups is 1. The molecule has 1 aliphatic heterocycles. The topological polar surface area (TPSA) is 119 Å².